The van der Waals surface area contributed by atoms with Crippen molar-refractivity contribution in [2.75, 3.05) is 14.2 Å². The van der Waals surface area contributed by atoms with E-state index in [1.165, 1.54) is 4.90 Å². The zero-order valence-corrected chi connectivity index (χ0v) is 16.5. The average molecular weight is 402 g/mol. The molecule has 0 fully saturated rings. The molecule has 28 heavy (non-hydrogen) atoms. The zero-order chi connectivity index (χ0) is 20.1. The van der Waals surface area contributed by atoms with Gasteiger partial charge in [-0.2, -0.15) is 4.98 Å². The summed E-state index contributed by atoms with van der Waals surface area (Å²) >= 11 is 5.89. The van der Waals surface area contributed by atoms with E-state index in [1.54, 1.807) is 69.6 Å². The Hall–Kier alpha value is -3.06. The number of carbonyl (C=O) groups excluding carboxylic acids is 1. The van der Waals surface area contributed by atoms with Crippen molar-refractivity contribution in [2.24, 2.45) is 0 Å². The van der Waals surface area contributed by atoms with E-state index in [9.17, 15) is 4.79 Å². The maximum Gasteiger partial charge on any atom is 0.263 e. The molecule has 7 nitrogen and oxygen atoms in total. The molecule has 0 aliphatic carbocycles. The van der Waals surface area contributed by atoms with Crippen LogP contribution in [0.25, 0.3) is 11.4 Å². The number of amides is 1. The van der Waals surface area contributed by atoms with Crippen LogP contribution in [0.15, 0.2) is 53.1 Å². The second-order valence-electron chi connectivity index (χ2n) is 6.15. The summed E-state index contributed by atoms with van der Waals surface area (Å²) in [7, 11) is 3.23. The van der Waals surface area contributed by atoms with Crippen LogP contribution in [0.3, 0.4) is 0 Å². The van der Waals surface area contributed by atoms with Gasteiger partial charge in [-0.1, -0.05) is 22.8 Å². The highest BCUT2D eigenvalue weighted by Crippen LogP contribution is 2.21. The van der Waals surface area contributed by atoms with Gasteiger partial charge in [0, 0.05) is 23.7 Å². The fourth-order valence-electron chi connectivity index (χ4n) is 2.56. The molecule has 8 heteroatoms. The lowest BCUT2D eigenvalue weighted by Crippen LogP contribution is -2.37. The first-order valence-electron chi connectivity index (χ1n) is 8.60. The number of hydrogen-bond acceptors (Lipinski definition) is 6. The van der Waals surface area contributed by atoms with Gasteiger partial charge in [-0.3, -0.25) is 4.79 Å². The largest absolute Gasteiger partial charge is 0.497 e. The summed E-state index contributed by atoms with van der Waals surface area (Å²) < 4.78 is 16.1. The number of benzene rings is 2. The number of aromatic nitrogens is 2. The van der Waals surface area contributed by atoms with E-state index in [-0.39, 0.29) is 12.5 Å². The maximum absolute atomic E-state index is 12.6. The topological polar surface area (TPSA) is 77.7 Å². The van der Waals surface area contributed by atoms with Crippen LogP contribution in [0.4, 0.5) is 0 Å². The Balaban J connectivity index is 1.61. The quantitative estimate of drug-likeness (QED) is 0.598. The Bertz CT molecular complexity index is 943. The highest BCUT2D eigenvalue weighted by Gasteiger charge is 2.21. The summed E-state index contributed by atoms with van der Waals surface area (Å²) in [5, 5.41) is 4.58. The molecule has 146 valence electrons. The first-order valence-corrected chi connectivity index (χ1v) is 8.98. The van der Waals surface area contributed by atoms with Crippen molar-refractivity contribution in [2.45, 2.75) is 19.6 Å². The molecular weight excluding hydrogens is 382 g/mol. The normalized spacial score (nSPS) is 11.7. The monoisotopic (exact) mass is 401 g/mol. The number of likely N-dealkylation sites (N-methyl/N-ethyl adjacent to an activating group) is 1. The van der Waals surface area contributed by atoms with Crippen LogP contribution in [0.1, 0.15) is 12.8 Å². The van der Waals surface area contributed by atoms with Crippen LogP contribution in [-0.4, -0.2) is 41.2 Å². The number of carbonyl (C=O) groups is 1. The SMILES string of the molecule is COc1cccc(OC(C)C(=O)N(C)Cc2nc(-c3ccc(Cl)cc3)no2)c1. The number of halogens is 1. The van der Waals surface area contributed by atoms with Crippen molar-refractivity contribution in [1.82, 2.24) is 15.0 Å². The summed E-state index contributed by atoms with van der Waals surface area (Å²) in [6.45, 7) is 1.86. The van der Waals surface area contributed by atoms with Gasteiger partial charge in [-0.15, -0.1) is 0 Å². The van der Waals surface area contributed by atoms with E-state index >= 15 is 0 Å². The average Bonchev–Trinajstić information content (AvgIpc) is 3.16. The fourth-order valence-corrected chi connectivity index (χ4v) is 2.68. The smallest absolute Gasteiger partial charge is 0.263 e. The number of ether oxygens (including phenoxy) is 2. The molecule has 0 saturated carbocycles. The van der Waals surface area contributed by atoms with E-state index in [0.29, 0.717) is 28.2 Å². The predicted octanol–water partition coefficient (Wildman–Crippen LogP) is 3.82. The van der Waals surface area contributed by atoms with Gasteiger partial charge in [-0.05, 0) is 43.3 Å². The van der Waals surface area contributed by atoms with Crippen LogP contribution < -0.4 is 9.47 Å². The molecule has 0 aliphatic heterocycles. The van der Waals surface area contributed by atoms with Crippen molar-refractivity contribution in [1.29, 1.82) is 0 Å². The Morgan fingerprint density at radius 1 is 1.21 bits per heavy atom. The Morgan fingerprint density at radius 2 is 1.93 bits per heavy atom. The molecule has 3 aromatic rings. The third-order valence-electron chi connectivity index (χ3n) is 4.02. The Kier molecular flexibility index (Phi) is 6.16. The van der Waals surface area contributed by atoms with Gasteiger partial charge < -0.3 is 18.9 Å². The minimum absolute atomic E-state index is 0.172. The summed E-state index contributed by atoms with van der Waals surface area (Å²) in [6, 6.07) is 14.2. The third-order valence-corrected chi connectivity index (χ3v) is 4.27. The van der Waals surface area contributed by atoms with E-state index in [4.69, 9.17) is 25.6 Å². The van der Waals surface area contributed by atoms with Gasteiger partial charge in [0.25, 0.3) is 5.91 Å². The van der Waals surface area contributed by atoms with E-state index in [1.807, 2.05) is 0 Å². The Morgan fingerprint density at radius 3 is 2.64 bits per heavy atom. The molecule has 0 spiro atoms. The number of hydrogen-bond donors (Lipinski definition) is 0. The van der Waals surface area contributed by atoms with E-state index in [2.05, 4.69) is 10.1 Å². The van der Waals surface area contributed by atoms with E-state index < -0.39 is 6.10 Å². The van der Waals surface area contributed by atoms with Gasteiger partial charge in [0.05, 0.1) is 13.7 Å². The Labute approximate surface area is 167 Å². The molecule has 1 atom stereocenters. The molecule has 0 radical (unpaired) electrons. The van der Waals surface area contributed by atoms with Gasteiger partial charge in [-0.25, -0.2) is 0 Å². The lowest BCUT2D eigenvalue weighted by atomic mass is 10.2. The minimum atomic E-state index is -0.684. The van der Waals surface area contributed by atoms with Crippen molar-refractivity contribution in [3.05, 3.63) is 59.4 Å². The molecule has 0 aliphatic rings. The highest BCUT2D eigenvalue weighted by molar-refractivity contribution is 6.30. The van der Waals surface area contributed by atoms with Crippen LogP contribution in [-0.2, 0) is 11.3 Å². The van der Waals surface area contributed by atoms with Crippen molar-refractivity contribution in [3.63, 3.8) is 0 Å². The fraction of sp³-hybridized carbons (Fsp3) is 0.250. The second kappa shape index (κ2) is 8.75. The predicted molar refractivity (Wildman–Crippen MR) is 104 cm³/mol. The van der Waals surface area contributed by atoms with Crippen LogP contribution in [0.2, 0.25) is 5.02 Å². The van der Waals surface area contributed by atoms with Crippen molar-refractivity contribution < 1.29 is 18.8 Å². The molecule has 1 unspecified atom stereocenters. The molecule has 0 bridgehead atoms. The molecule has 0 N–H and O–H groups in total. The number of methoxy groups -OCH3 is 1. The van der Waals surface area contributed by atoms with Crippen molar-refractivity contribution in [3.8, 4) is 22.9 Å². The minimum Gasteiger partial charge on any atom is -0.497 e. The lowest BCUT2D eigenvalue weighted by Gasteiger charge is -2.20. The molecule has 1 heterocycles. The summed E-state index contributed by atoms with van der Waals surface area (Å²) in [4.78, 5) is 18.4. The van der Waals surface area contributed by atoms with Gasteiger partial charge in [0.1, 0.15) is 11.5 Å². The first-order chi connectivity index (χ1) is 13.5. The molecule has 0 saturated heterocycles. The highest BCUT2D eigenvalue weighted by atomic mass is 35.5. The standard InChI is InChI=1S/C20H20ClN3O4/c1-13(27-17-6-4-5-16(11-17)26-3)20(25)24(2)12-18-22-19(23-28-18)14-7-9-15(21)10-8-14/h4-11,13H,12H2,1-3H3. The summed E-state index contributed by atoms with van der Waals surface area (Å²) in [5.74, 6) is 1.76. The van der Waals surface area contributed by atoms with Crippen LogP contribution >= 0.6 is 11.6 Å². The first kappa shape index (κ1) is 19.7. The van der Waals surface area contributed by atoms with Crippen LogP contribution in [0, 0.1) is 0 Å². The van der Waals surface area contributed by atoms with E-state index in [0.717, 1.165) is 5.56 Å². The number of rotatable bonds is 7. The van der Waals surface area contributed by atoms with Gasteiger partial charge >= 0.3 is 0 Å². The number of nitrogens with zero attached hydrogens (tertiary/aromatic N) is 3. The molecule has 2 aromatic carbocycles. The van der Waals surface area contributed by atoms with Gasteiger partial charge in [0.2, 0.25) is 11.7 Å². The van der Waals surface area contributed by atoms with Crippen molar-refractivity contribution >= 4 is 17.5 Å². The molecule has 1 aromatic heterocycles. The lowest BCUT2D eigenvalue weighted by molar-refractivity contribution is -0.137. The summed E-state index contributed by atoms with van der Waals surface area (Å²) in [6.07, 6.45) is -0.684. The zero-order valence-electron chi connectivity index (χ0n) is 15.8. The molecular formula is C20H20ClN3O4. The summed E-state index contributed by atoms with van der Waals surface area (Å²) in [5.41, 5.74) is 0.781. The molecule has 3 rings (SSSR count). The second-order valence-corrected chi connectivity index (χ2v) is 6.59. The maximum atomic E-state index is 12.6. The molecule has 1 amide bonds. The van der Waals surface area contributed by atoms with Crippen LogP contribution in [0.5, 0.6) is 11.5 Å². The third kappa shape index (κ3) is 4.80. The van der Waals surface area contributed by atoms with Gasteiger partial charge in [0.15, 0.2) is 6.10 Å².